The molecule has 0 saturated carbocycles. The Kier molecular flexibility index (Phi) is 3.82. The molecule has 0 aromatic heterocycles. The lowest BCUT2D eigenvalue weighted by atomic mass is 10.0. The highest BCUT2D eigenvalue weighted by molar-refractivity contribution is 4.68. The van der Waals surface area contributed by atoms with Gasteiger partial charge in [-0.15, -0.1) is 0 Å². The van der Waals surface area contributed by atoms with E-state index in [-0.39, 0.29) is 12.1 Å². The molecular formula is C7H17NO. The average Bonchev–Trinajstić information content (AvgIpc) is 1.63. The quantitative estimate of drug-likeness (QED) is 0.593. The standard InChI is InChI=1S/C7H17NO/c1-5(2)4-7(8)6(3)9/h5-7,9H,4,8H2,1-3H3/t6-,7+/m1/s1. The first-order chi connectivity index (χ1) is 4.04. The second-order valence-electron chi connectivity index (χ2n) is 3.03. The predicted molar refractivity (Wildman–Crippen MR) is 39.1 cm³/mol. The average molecular weight is 131 g/mol. The van der Waals surface area contributed by atoms with Crippen LogP contribution in [0.15, 0.2) is 0 Å². The highest BCUT2D eigenvalue weighted by atomic mass is 16.3. The monoisotopic (exact) mass is 131 g/mol. The van der Waals surface area contributed by atoms with Gasteiger partial charge >= 0.3 is 0 Å². The minimum absolute atomic E-state index is 0.0509. The van der Waals surface area contributed by atoms with E-state index in [0.717, 1.165) is 6.42 Å². The molecular weight excluding hydrogens is 114 g/mol. The van der Waals surface area contributed by atoms with Crippen LogP contribution >= 0.6 is 0 Å². The number of rotatable bonds is 3. The highest BCUT2D eigenvalue weighted by Gasteiger charge is 2.09. The van der Waals surface area contributed by atoms with E-state index >= 15 is 0 Å². The van der Waals surface area contributed by atoms with Gasteiger partial charge in [-0.3, -0.25) is 0 Å². The molecule has 3 N–H and O–H groups in total. The van der Waals surface area contributed by atoms with Crippen molar-refractivity contribution in [3.63, 3.8) is 0 Å². The van der Waals surface area contributed by atoms with Crippen LogP contribution in [0.1, 0.15) is 27.2 Å². The lowest BCUT2D eigenvalue weighted by molar-refractivity contribution is 0.152. The first kappa shape index (κ1) is 8.92. The third-order valence-electron chi connectivity index (χ3n) is 1.36. The van der Waals surface area contributed by atoms with Gasteiger partial charge in [0.1, 0.15) is 0 Å². The van der Waals surface area contributed by atoms with E-state index in [1.165, 1.54) is 0 Å². The Balaban J connectivity index is 3.38. The molecule has 0 aliphatic heterocycles. The van der Waals surface area contributed by atoms with Gasteiger partial charge in [-0.2, -0.15) is 0 Å². The summed E-state index contributed by atoms with van der Waals surface area (Å²) in [7, 11) is 0. The summed E-state index contributed by atoms with van der Waals surface area (Å²) in [5.74, 6) is 0.578. The lowest BCUT2D eigenvalue weighted by Crippen LogP contribution is -2.33. The molecule has 0 aliphatic rings. The van der Waals surface area contributed by atoms with Crippen molar-refractivity contribution < 1.29 is 5.11 Å². The zero-order chi connectivity index (χ0) is 7.44. The third kappa shape index (κ3) is 4.43. The molecule has 0 radical (unpaired) electrons. The Morgan fingerprint density at radius 1 is 1.33 bits per heavy atom. The van der Waals surface area contributed by atoms with Crippen LogP contribution in [-0.4, -0.2) is 17.3 Å². The SMILES string of the molecule is CC(C)C[C@H](N)[C@@H](C)O. The molecule has 0 rings (SSSR count). The van der Waals surface area contributed by atoms with Gasteiger partial charge in [-0.1, -0.05) is 13.8 Å². The molecule has 2 heteroatoms. The Hall–Kier alpha value is -0.0800. The summed E-state index contributed by atoms with van der Waals surface area (Å²) in [6.07, 6.45) is 0.532. The van der Waals surface area contributed by atoms with Crippen molar-refractivity contribution in [1.29, 1.82) is 0 Å². The fraction of sp³-hybridized carbons (Fsp3) is 1.00. The maximum absolute atomic E-state index is 8.94. The van der Waals surface area contributed by atoms with Gasteiger partial charge < -0.3 is 10.8 Å². The summed E-state index contributed by atoms with van der Waals surface area (Å²) in [5.41, 5.74) is 5.57. The van der Waals surface area contributed by atoms with E-state index in [9.17, 15) is 0 Å². The smallest absolute Gasteiger partial charge is 0.0663 e. The van der Waals surface area contributed by atoms with Crippen molar-refractivity contribution in [2.75, 3.05) is 0 Å². The molecule has 0 amide bonds. The zero-order valence-electron chi connectivity index (χ0n) is 6.46. The van der Waals surface area contributed by atoms with Crippen LogP contribution in [0.4, 0.5) is 0 Å². The van der Waals surface area contributed by atoms with Crippen molar-refractivity contribution >= 4 is 0 Å². The lowest BCUT2D eigenvalue weighted by Gasteiger charge is -2.16. The van der Waals surface area contributed by atoms with Crippen LogP contribution in [0, 0.1) is 5.92 Å². The van der Waals surface area contributed by atoms with Crippen LogP contribution in [0.3, 0.4) is 0 Å². The van der Waals surface area contributed by atoms with Crippen LogP contribution in [-0.2, 0) is 0 Å². The van der Waals surface area contributed by atoms with E-state index in [1.54, 1.807) is 6.92 Å². The van der Waals surface area contributed by atoms with Crippen molar-refractivity contribution in [3.05, 3.63) is 0 Å². The number of hydrogen-bond donors (Lipinski definition) is 2. The normalized spacial score (nSPS) is 18.0. The Morgan fingerprint density at radius 2 is 1.78 bits per heavy atom. The molecule has 0 fully saturated rings. The van der Waals surface area contributed by atoms with Crippen LogP contribution < -0.4 is 5.73 Å². The fourth-order valence-electron chi connectivity index (χ4n) is 0.741. The van der Waals surface area contributed by atoms with Gasteiger partial charge in [-0.25, -0.2) is 0 Å². The Bertz CT molecular complexity index is 71.3. The molecule has 2 nitrogen and oxygen atoms in total. The van der Waals surface area contributed by atoms with Crippen molar-refractivity contribution in [2.24, 2.45) is 11.7 Å². The van der Waals surface area contributed by atoms with Gasteiger partial charge in [0, 0.05) is 6.04 Å². The minimum atomic E-state index is -0.368. The molecule has 56 valence electrons. The molecule has 0 spiro atoms. The van der Waals surface area contributed by atoms with E-state index in [2.05, 4.69) is 13.8 Å². The number of hydrogen-bond acceptors (Lipinski definition) is 2. The van der Waals surface area contributed by atoms with Gasteiger partial charge in [0.15, 0.2) is 0 Å². The van der Waals surface area contributed by atoms with E-state index in [4.69, 9.17) is 10.8 Å². The summed E-state index contributed by atoms with van der Waals surface area (Å²) in [5, 5.41) is 8.94. The van der Waals surface area contributed by atoms with Crippen LogP contribution in [0.5, 0.6) is 0 Å². The molecule has 9 heavy (non-hydrogen) atoms. The molecule has 0 aliphatic carbocycles. The number of aliphatic hydroxyl groups excluding tert-OH is 1. The summed E-state index contributed by atoms with van der Waals surface area (Å²) >= 11 is 0. The topological polar surface area (TPSA) is 46.2 Å². The third-order valence-corrected chi connectivity index (χ3v) is 1.36. The van der Waals surface area contributed by atoms with Crippen LogP contribution in [0.2, 0.25) is 0 Å². The van der Waals surface area contributed by atoms with E-state index < -0.39 is 0 Å². The van der Waals surface area contributed by atoms with Gasteiger partial charge in [0.2, 0.25) is 0 Å². The zero-order valence-corrected chi connectivity index (χ0v) is 6.46. The first-order valence-corrected chi connectivity index (χ1v) is 3.47. The molecule has 0 heterocycles. The Morgan fingerprint density at radius 3 is 1.89 bits per heavy atom. The van der Waals surface area contributed by atoms with E-state index in [1.807, 2.05) is 0 Å². The van der Waals surface area contributed by atoms with Crippen LogP contribution in [0.25, 0.3) is 0 Å². The molecule has 0 aromatic rings. The summed E-state index contributed by atoms with van der Waals surface area (Å²) in [4.78, 5) is 0. The van der Waals surface area contributed by atoms with Crippen molar-refractivity contribution in [1.82, 2.24) is 0 Å². The van der Waals surface area contributed by atoms with Crippen molar-refractivity contribution in [2.45, 2.75) is 39.3 Å². The minimum Gasteiger partial charge on any atom is -0.392 e. The maximum atomic E-state index is 8.94. The molecule has 0 aromatic carbocycles. The molecule has 0 bridgehead atoms. The number of aliphatic hydroxyl groups is 1. The molecule has 0 unspecified atom stereocenters. The number of nitrogens with two attached hydrogens (primary N) is 1. The fourth-order valence-corrected chi connectivity index (χ4v) is 0.741. The Labute approximate surface area is 57.1 Å². The molecule has 2 atom stereocenters. The van der Waals surface area contributed by atoms with Crippen molar-refractivity contribution in [3.8, 4) is 0 Å². The first-order valence-electron chi connectivity index (χ1n) is 3.47. The second-order valence-corrected chi connectivity index (χ2v) is 3.03. The van der Waals surface area contributed by atoms with Gasteiger partial charge in [0.05, 0.1) is 6.10 Å². The molecule has 0 saturated heterocycles. The predicted octanol–water partition coefficient (Wildman–Crippen LogP) is 0.741. The summed E-state index contributed by atoms with van der Waals surface area (Å²) in [6, 6.07) is -0.0509. The van der Waals surface area contributed by atoms with Gasteiger partial charge in [-0.05, 0) is 19.3 Å². The van der Waals surface area contributed by atoms with E-state index in [0.29, 0.717) is 5.92 Å². The largest absolute Gasteiger partial charge is 0.392 e. The maximum Gasteiger partial charge on any atom is 0.0663 e. The highest BCUT2D eigenvalue weighted by Crippen LogP contribution is 2.04. The summed E-state index contributed by atoms with van der Waals surface area (Å²) < 4.78 is 0. The second kappa shape index (κ2) is 3.85. The van der Waals surface area contributed by atoms with Gasteiger partial charge in [0.25, 0.3) is 0 Å². The summed E-state index contributed by atoms with van der Waals surface area (Å²) in [6.45, 7) is 5.93.